The molecule has 1 aliphatic rings. The minimum absolute atomic E-state index is 0. The summed E-state index contributed by atoms with van der Waals surface area (Å²) in [5.41, 5.74) is 0. The van der Waals surface area contributed by atoms with E-state index in [1.807, 2.05) is 11.9 Å². The van der Waals surface area contributed by atoms with E-state index in [4.69, 9.17) is 13.8 Å². The number of ether oxygens (including phenoxy) is 1. The fourth-order valence-corrected chi connectivity index (χ4v) is 36.9. The van der Waals surface area contributed by atoms with Gasteiger partial charge in [-0.3, -0.25) is 4.79 Å². The van der Waals surface area contributed by atoms with Gasteiger partial charge in [-0.1, -0.05) is 124 Å². The molecule has 0 aromatic rings. The summed E-state index contributed by atoms with van der Waals surface area (Å²) in [7, 11) is -4.18. The summed E-state index contributed by atoms with van der Waals surface area (Å²) in [4.78, 5) is 1.88. The molecule has 0 aliphatic carbocycles. The van der Waals surface area contributed by atoms with Gasteiger partial charge >= 0.3 is 35.6 Å². The van der Waals surface area contributed by atoms with Gasteiger partial charge in [-0.15, -0.1) is 0 Å². The van der Waals surface area contributed by atoms with E-state index in [0.717, 1.165) is 13.2 Å². The largest absolute Gasteiger partial charge is 3.00 e. The van der Waals surface area contributed by atoms with E-state index >= 15 is 0 Å². The topological polar surface area (TPSA) is 32.6 Å². The molecule has 1 rings (SSSR count). The van der Waals surface area contributed by atoms with Crippen molar-refractivity contribution in [3.05, 3.63) is 9.44 Å². The van der Waals surface area contributed by atoms with E-state index in [2.05, 4.69) is 91.7 Å². The summed E-state index contributed by atoms with van der Waals surface area (Å²) >= 11 is 0. The van der Waals surface area contributed by atoms with Crippen LogP contribution in [-0.2, 0) is 9.16 Å². The maximum atomic E-state index is 5.82. The first-order valence-electron chi connectivity index (χ1n) is 10.9. The van der Waals surface area contributed by atoms with Crippen LogP contribution in [0.5, 0.6) is 0 Å². The van der Waals surface area contributed by atoms with E-state index in [9.17, 15) is 0 Å². The van der Waals surface area contributed by atoms with Crippen molar-refractivity contribution in [1.82, 2.24) is 0 Å². The average Bonchev–Trinajstić information content (AvgIpc) is 2.88. The quantitative estimate of drug-likeness (QED) is 0.228. The molecule has 0 saturated carbocycles. The van der Waals surface area contributed by atoms with Crippen molar-refractivity contribution in [1.29, 1.82) is 0 Å². The van der Waals surface area contributed by atoms with Gasteiger partial charge in [-0.2, -0.15) is 0 Å². The molecular weight excluding hydrogens is 692 g/mol. The Morgan fingerprint density at radius 2 is 0.967 bits per heavy atom. The minimum atomic E-state index is -1.54. The van der Waals surface area contributed by atoms with Crippen molar-refractivity contribution in [2.24, 2.45) is 0 Å². The minimum Gasteiger partial charge on any atom is -1.00 e. The summed E-state index contributed by atoms with van der Waals surface area (Å²) in [5, 5.41) is 0. The third-order valence-corrected chi connectivity index (χ3v) is 27.3. The van der Waals surface area contributed by atoms with Gasteiger partial charge in [0, 0.05) is 28.6 Å². The Bertz CT molecular complexity index is 393. The molecule has 3 nitrogen and oxygen atoms in total. The van der Waals surface area contributed by atoms with Gasteiger partial charge in [0.2, 0.25) is 0 Å². The van der Waals surface area contributed by atoms with Crippen molar-refractivity contribution < 1.29 is 68.7 Å². The number of halogens is 1. The molecule has 30 heavy (non-hydrogen) atoms. The molecule has 0 N–H and O–H groups in total. The van der Waals surface area contributed by atoms with E-state index in [1.54, 1.807) is 0 Å². The third kappa shape index (κ3) is 22.7. The van der Waals surface area contributed by atoms with Crippen molar-refractivity contribution >= 4 is 40.9 Å². The number of hydrogen-bond acceptors (Lipinski definition) is 2. The van der Waals surface area contributed by atoms with Crippen LogP contribution in [0.25, 0.3) is 4.65 Å². The molecule has 0 spiro atoms. The zero-order valence-electron chi connectivity index (χ0n) is 23.0. The van der Waals surface area contributed by atoms with Crippen LogP contribution in [0.3, 0.4) is 0 Å². The van der Waals surface area contributed by atoms with E-state index in [1.165, 1.54) is 12.8 Å². The van der Waals surface area contributed by atoms with Crippen LogP contribution in [0.1, 0.15) is 12.8 Å². The molecule has 0 aromatic heterocycles. The fraction of sp³-hybridized carbons (Fsp3) is 0.950. The Labute approximate surface area is 241 Å². The predicted octanol–water partition coefficient (Wildman–Crippen LogP) is 4.54. The van der Waals surface area contributed by atoms with Gasteiger partial charge in [0.25, 0.3) is 0 Å². The van der Waals surface area contributed by atoms with E-state index < -0.39 is 40.9 Å². The van der Waals surface area contributed by atoms with Crippen LogP contribution in [0, 0.1) is 40.4 Å². The van der Waals surface area contributed by atoms with Crippen LogP contribution >= 0.6 is 0 Å². The maximum absolute atomic E-state index is 5.82. The van der Waals surface area contributed by atoms with Crippen molar-refractivity contribution in [3.63, 3.8) is 0 Å². The zero-order chi connectivity index (χ0) is 23.0. The van der Waals surface area contributed by atoms with Gasteiger partial charge in [0.15, 0.2) is 0 Å². The molecule has 10 heteroatoms. The molecule has 0 atom stereocenters. The van der Waals surface area contributed by atoms with Gasteiger partial charge < -0.3 is 37.8 Å². The second-order valence-corrected chi connectivity index (χ2v) is 37.4. The molecule has 1 fully saturated rings. The molecule has 0 radical (unpaired) electrons. The smallest absolute Gasteiger partial charge is 1.00 e. The molecule has 0 aromatic carbocycles. The summed E-state index contributed by atoms with van der Waals surface area (Å²) in [6.45, 7) is 35.3. The first kappa shape index (κ1) is 40.1. The Morgan fingerprint density at radius 1 is 0.667 bits per heavy atom. The first-order valence-corrected chi connectivity index (χ1v) is 27.7. The van der Waals surface area contributed by atoms with Crippen LogP contribution < -0.4 is 24.0 Å². The fourth-order valence-electron chi connectivity index (χ4n) is 4.55. The average molecular weight is 746 g/mol. The van der Waals surface area contributed by atoms with Crippen molar-refractivity contribution in [2.45, 2.75) is 104 Å². The second kappa shape index (κ2) is 16.5. The Kier molecular flexibility index (Phi) is 22.1. The summed E-state index contributed by atoms with van der Waals surface area (Å²) in [6.07, 6.45) is 2.56. The second-order valence-electron chi connectivity index (χ2n) is 12.4. The Balaban J connectivity index is -0.000000181. The predicted molar refractivity (Wildman–Crippen MR) is 145 cm³/mol. The summed E-state index contributed by atoms with van der Waals surface area (Å²) in [5.74, 6) is 0. The van der Waals surface area contributed by atoms with Gasteiger partial charge in [-0.05, 0) is 12.8 Å². The van der Waals surface area contributed by atoms with Crippen LogP contribution in [0.4, 0.5) is 0 Å². The normalized spacial score (nSPS) is 15.2. The monoisotopic (exact) mass is 745 g/mol. The molecule has 0 amide bonds. The summed E-state index contributed by atoms with van der Waals surface area (Å²) in [6, 6.07) is 0. The molecule has 0 unspecified atom stereocenters. The summed E-state index contributed by atoms with van der Waals surface area (Å²) < 4.78 is 15.6. The van der Waals surface area contributed by atoms with Crippen LogP contribution in [-0.4, -0.2) is 61.3 Å². The molecule has 1 aliphatic heterocycles. The molecular formula is C20H53ILaNO2Si5. The van der Waals surface area contributed by atoms with E-state index in [0.29, 0.717) is 0 Å². The Morgan fingerprint density at radius 3 is 1.03 bits per heavy atom. The van der Waals surface area contributed by atoms with Crippen LogP contribution in [0.2, 0.25) is 91.7 Å². The molecule has 180 valence electrons. The van der Waals surface area contributed by atoms with Gasteiger partial charge in [-0.25, -0.2) is 0 Å². The van der Waals surface area contributed by atoms with E-state index in [-0.39, 0.29) is 59.6 Å². The molecule has 1 heterocycles. The van der Waals surface area contributed by atoms with Crippen molar-refractivity contribution in [3.8, 4) is 0 Å². The first-order chi connectivity index (χ1) is 12.1. The number of rotatable bonds is 6. The number of nitrogens with zero attached hydrogens (tertiary/aromatic N) is 1. The number of hydrogen-bond donors (Lipinski definition) is 0. The van der Waals surface area contributed by atoms with Crippen LogP contribution in [0.15, 0.2) is 0 Å². The standard InChI is InChI=1S/C10H27OSi3.C6H18NSi2.C4H8O.HI.La/c1-11-14(8,9)10(12(2,3)4)13(5,6)7;1-8(2,3)7-9(4,5)6;1-2-4-5-3-1;;/h1-9H3;1-6H3;1-4H2;1H;/q2*-1;;;+3/p-1. The third-order valence-electron chi connectivity index (χ3n) is 4.11. The molecule has 0 bridgehead atoms. The maximum Gasteiger partial charge on any atom is 3.00 e. The van der Waals surface area contributed by atoms with Gasteiger partial charge in [0.05, 0.1) is 0 Å². The zero-order valence-corrected chi connectivity index (χ0v) is 33.8. The molecule has 1 saturated heterocycles. The van der Waals surface area contributed by atoms with Gasteiger partial charge in [0.1, 0.15) is 0 Å². The van der Waals surface area contributed by atoms with Crippen molar-refractivity contribution in [2.75, 3.05) is 20.3 Å². The Hall–Kier alpha value is 2.89. The SMILES string of the molecule is C1CCOC1.CO[Si](C)(C)[C-]([Si](C)(C)C)[Si](C)(C)C.C[Si](C)(C)[N-][Si](C)(C)C.[I-].[La+3].